The number of aromatic nitrogens is 1. The third kappa shape index (κ3) is 4.51. The maximum atomic E-state index is 10.9. The maximum Gasteiger partial charge on any atom is 0.270 e. The van der Waals surface area contributed by atoms with Crippen LogP contribution < -0.4 is 4.74 Å². The summed E-state index contributed by atoms with van der Waals surface area (Å²) in [4.78, 5) is 19.5. The van der Waals surface area contributed by atoms with Gasteiger partial charge in [-0.05, 0) is 54.5 Å². The molecular weight excluding hydrogens is 394 g/mol. The number of aryl methyl sites for hydroxylation is 1. The number of hydrogen-bond donors (Lipinski definition) is 0. The Balaban J connectivity index is 1.60. The largest absolute Gasteiger partial charge is 0.494 e. The molecule has 3 aromatic carbocycles. The number of benzene rings is 3. The smallest absolute Gasteiger partial charge is 0.270 e. The van der Waals surface area contributed by atoms with Crippen LogP contribution in [-0.4, -0.2) is 23.2 Å². The van der Waals surface area contributed by atoms with E-state index in [0.29, 0.717) is 22.9 Å². The van der Waals surface area contributed by atoms with Crippen LogP contribution in [0, 0.1) is 17.0 Å². The summed E-state index contributed by atoms with van der Waals surface area (Å²) >= 11 is 0. The summed E-state index contributed by atoms with van der Waals surface area (Å²) in [5, 5.41) is 10.9. The molecule has 0 saturated carbocycles. The molecule has 0 aliphatic heterocycles. The van der Waals surface area contributed by atoms with E-state index in [-0.39, 0.29) is 5.69 Å². The number of methoxy groups -OCH3 is 1. The minimum Gasteiger partial charge on any atom is -0.494 e. The molecule has 0 bridgehead atoms. The van der Waals surface area contributed by atoms with E-state index in [1.165, 1.54) is 12.1 Å². The molecule has 0 radical (unpaired) electrons. The van der Waals surface area contributed by atoms with Crippen molar-refractivity contribution in [3.63, 3.8) is 0 Å². The van der Waals surface area contributed by atoms with Crippen LogP contribution in [0.2, 0.25) is 0 Å². The lowest BCUT2D eigenvalue weighted by Gasteiger charge is -2.05. The minimum absolute atomic E-state index is 0.0435. The Morgan fingerprint density at radius 3 is 2.81 bits per heavy atom. The maximum absolute atomic E-state index is 10.9. The van der Waals surface area contributed by atoms with E-state index in [1.807, 2.05) is 43.3 Å². The Bertz CT molecular complexity index is 1320. The molecule has 0 saturated heterocycles. The van der Waals surface area contributed by atoms with E-state index in [2.05, 4.69) is 9.98 Å². The second-order valence-electron chi connectivity index (χ2n) is 6.87. The number of fused-ring (bicyclic) bond motifs is 1. The highest BCUT2D eigenvalue weighted by Crippen LogP contribution is 2.33. The Hall–Kier alpha value is -4.26. The molecule has 0 unspecified atom stereocenters. The SMILES string of the molecule is COc1ccc(-c2nc3cc(C)ccc3o2)cc1N=CC=Cc1cccc([N+](=O)[O-])c1. The van der Waals surface area contributed by atoms with Crippen molar-refractivity contribution in [2.24, 2.45) is 4.99 Å². The third-order valence-corrected chi connectivity index (χ3v) is 4.64. The van der Waals surface area contributed by atoms with Crippen LogP contribution in [0.25, 0.3) is 28.6 Å². The van der Waals surface area contributed by atoms with Gasteiger partial charge >= 0.3 is 0 Å². The van der Waals surface area contributed by atoms with E-state index in [4.69, 9.17) is 9.15 Å². The van der Waals surface area contributed by atoms with E-state index in [1.54, 1.807) is 37.6 Å². The number of allylic oxidation sites excluding steroid dienone is 1. The standard InChI is InChI=1S/C24H19N3O4/c1-16-8-10-23-21(13-16)26-24(31-23)18-9-11-22(30-2)20(15-18)25-12-4-6-17-5-3-7-19(14-17)27(28)29/h3-15H,1-2H3. The lowest BCUT2D eigenvalue weighted by molar-refractivity contribution is -0.384. The van der Waals surface area contributed by atoms with E-state index < -0.39 is 4.92 Å². The molecule has 0 aliphatic carbocycles. The van der Waals surface area contributed by atoms with E-state index in [9.17, 15) is 10.1 Å². The number of rotatable bonds is 6. The molecule has 0 fully saturated rings. The Morgan fingerprint density at radius 2 is 2.00 bits per heavy atom. The number of non-ortho nitro benzene ring substituents is 1. The number of hydrogen-bond acceptors (Lipinski definition) is 6. The van der Waals surface area contributed by atoms with Crippen LogP contribution in [0.5, 0.6) is 5.75 Å². The summed E-state index contributed by atoms with van der Waals surface area (Å²) in [6.45, 7) is 2.01. The van der Waals surface area contributed by atoms with Crippen LogP contribution >= 0.6 is 0 Å². The molecule has 31 heavy (non-hydrogen) atoms. The quantitative estimate of drug-likeness (QED) is 0.215. The molecule has 4 rings (SSSR count). The van der Waals surface area contributed by atoms with Gasteiger partial charge in [0.25, 0.3) is 5.69 Å². The van der Waals surface area contributed by atoms with Crippen molar-refractivity contribution < 1.29 is 14.1 Å². The summed E-state index contributed by atoms with van der Waals surface area (Å²) in [5.74, 6) is 1.11. The fourth-order valence-corrected chi connectivity index (χ4v) is 3.10. The van der Waals surface area contributed by atoms with Crippen LogP contribution in [-0.2, 0) is 0 Å². The molecule has 7 heteroatoms. The summed E-state index contributed by atoms with van der Waals surface area (Å²) in [6.07, 6.45) is 5.07. The summed E-state index contributed by atoms with van der Waals surface area (Å²) in [5.41, 5.74) is 4.79. The zero-order valence-electron chi connectivity index (χ0n) is 17.0. The molecule has 154 valence electrons. The van der Waals surface area contributed by atoms with Crippen molar-refractivity contribution in [3.05, 3.63) is 88.0 Å². The van der Waals surface area contributed by atoms with Gasteiger partial charge in [-0.15, -0.1) is 0 Å². The molecule has 7 nitrogen and oxygen atoms in total. The number of oxazole rings is 1. The number of nitrogens with zero attached hydrogens (tertiary/aromatic N) is 3. The van der Waals surface area contributed by atoms with Gasteiger partial charge in [0.1, 0.15) is 17.0 Å². The van der Waals surface area contributed by atoms with E-state index >= 15 is 0 Å². The Kier molecular flexibility index (Phi) is 5.57. The Labute approximate surface area is 178 Å². The monoisotopic (exact) mass is 413 g/mol. The third-order valence-electron chi connectivity index (χ3n) is 4.64. The van der Waals surface area contributed by atoms with Gasteiger partial charge < -0.3 is 9.15 Å². The van der Waals surface area contributed by atoms with Crippen molar-refractivity contribution in [2.45, 2.75) is 6.92 Å². The molecule has 0 atom stereocenters. The average Bonchev–Trinajstić information content (AvgIpc) is 3.20. The average molecular weight is 413 g/mol. The molecule has 0 N–H and O–H groups in total. The predicted octanol–water partition coefficient (Wildman–Crippen LogP) is 6.14. The lowest BCUT2D eigenvalue weighted by Crippen LogP contribution is -1.87. The normalized spacial score (nSPS) is 11.5. The van der Waals surface area contributed by atoms with Gasteiger partial charge in [-0.3, -0.25) is 15.1 Å². The number of aliphatic imine (C=N–C) groups is 1. The predicted molar refractivity (Wildman–Crippen MR) is 121 cm³/mol. The molecule has 0 aliphatic rings. The molecule has 0 amide bonds. The molecular formula is C24H19N3O4. The number of nitro groups is 1. The van der Waals surface area contributed by atoms with Gasteiger partial charge in [0, 0.05) is 23.9 Å². The van der Waals surface area contributed by atoms with Crippen LogP contribution in [0.4, 0.5) is 11.4 Å². The van der Waals surface area contributed by atoms with Gasteiger partial charge in [-0.2, -0.15) is 0 Å². The van der Waals surface area contributed by atoms with Crippen molar-refractivity contribution in [1.82, 2.24) is 4.98 Å². The molecule has 1 heterocycles. The van der Waals surface area contributed by atoms with Gasteiger partial charge in [0.05, 0.1) is 12.0 Å². The zero-order valence-corrected chi connectivity index (χ0v) is 17.0. The highest BCUT2D eigenvalue weighted by atomic mass is 16.6. The Morgan fingerprint density at radius 1 is 1.13 bits per heavy atom. The minimum atomic E-state index is -0.421. The zero-order chi connectivity index (χ0) is 21.8. The first kappa shape index (κ1) is 20.0. The molecule has 0 spiro atoms. The number of ether oxygens (including phenoxy) is 1. The topological polar surface area (TPSA) is 90.8 Å². The lowest BCUT2D eigenvalue weighted by atomic mass is 10.2. The van der Waals surface area contributed by atoms with E-state index in [0.717, 1.165) is 22.2 Å². The van der Waals surface area contributed by atoms with Crippen molar-refractivity contribution in [3.8, 4) is 17.2 Å². The molecule has 1 aromatic heterocycles. The fraction of sp³-hybridized carbons (Fsp3) is 0.0833. The highest BCUT2D eigenvalue weighted by Gasteiger charge is 2.11. The summed E-state index contributed by atoms with van der Waals surface area (Å²) < 4.78 is 11.3. The van der Waals surface area contributed by atoms with Gasteiger partial charge in [0.2, 0.25) is 5.89 Å². The first-order valence-corrected chi connectivity index (χ1v) is 9.54. The first-order chi connectivity index (χ1) is 15.0. The van der Waals surface area contributed by atoms with Crippen molar-refractivity contribution in [1.29, 1.82) is 0 Å². The van der Waals surface area contributed by atoms with Crippen LogP contribution in [0.1, 0.15) is 11.1 Å². The second kappa shape index (κ2) is 8.62. The summed E-state index contributed by atoms with van der Waals surface area (Å²) in [7, 11) is 1.58. The molecule has 4 aromatic rings. The van der Waals surface area contributed by atoms with Gasteiger partial charge in [-0.1, -0.05) is 24.3 Å². The van der Waals surface area contributed by atoms with Gasteiger partial charge in [-0.25, -0.2) is 4.98 Å². The summed E-state index contributed by atoms with van der Waals surface area (Å²) in [6, 6.07) is 17.8. The van der Waals surface area contributed by atoms with Crippen molar-refractivity contribution in [2.75, 3.05) is 7.11 Å². The van der Waals surface area contributed by atoms with Crippen LogP contribution in [0.3, 0.4) is 0 Å². The second-order valence-corrected chi connectivity index (χ2v) is 6.87. The van der Waals surface area contributed by atoms with Gasteiger partial charge in [0.15, 0.2) is 5.58 Å². The number of nitro benzene ring substituents is 1. The van der Waals surface area contributed by atoms with Crippen molar-refractivity contribution >= 4 is 34.8 Å². The van der Waals surface area contributed by atoms with Crippen LogP contribution in [0.15, 0.2) is 76.1 Å². The highest BCUT2D eigenvalue weighted by molar-refractivity contribution is 5.83. The first-order valence-electron chi connectivity index (χ1n) is 9.54. The fourth-order valence-electron chi connectivity index (χ4n) is 3.10.